The predicted octanol–water partition coefficient (Wildman–Crippen LogP) is 2.42. The Morgan fingerprint density at radius 1 is 0.963 bits per heavy atom. The van der Waals surface area contributed by atoms with Gasteiger partial charge in [0.2, 0.25) is 15.9 Å². The number of benzene rings is 2. The van der Waals surface area contributed by atoms with E-state index in [9.17, 15) is 13.2 Å². The van der Waals surface area contributed by atoms with E-state index in [1.807, 2.05) is 54.6 Å². The van der Waals surface area contributed by atoms with Gasteiger partial charge in [0.15, 0.2) is 0 Å². The van der Waals surface area contributed by atoms with E-state index in [2.05, 4.69) is 10.2 Å². The SMILES string of the molecule is CS(=O)(=O)N1CCN(c2ccccc2NC(=O)/C=C/c2ccccc2)CC1. The van der Waals surface area contributed by atoms with Crippen LogP contribution in [-0.2, 0) is 14.8 Å². The summed E-state index contributed by atoms with van der Waals surface area (Å²) in [6.45, 7) is 2.05. The normalized spacial score (nSPS) is 15.8. The minimum Gasteiger partial charge on any atom is -0.367 e. The van der Waals surface area contributed by atoms with Crippen LogP contribution in [0.15, 0.2) is 60.7 Å². The molecule has 27 heavy (non-hydrogen) atoms. The summed E-state index contributed by atoms with van der Waals surface area (Å²) < 4.78 is 24.8. The van der Waals surface area contributed by atoms with Crippen molar-refractivity contribution < 1.29 is 13.2 Å². The molecule has 0 radical (unpaired) electrons. The second-order valence-corrected chi connectivity index (χ2v) is 8.38. The third kappa shape index (κ3) is 5.18. The highest BCUT2D eigenvalue weighted by Gasteiger charge is 2.24. The van der Waals surface area contributed by atoms with Crippen molar-refractivity contribution in [3.8, 4) is 0 Å². The number of piperazine rings is 1. The Kier molecular flexibility index (Phi) is 5.93. The van der Waals surface area contributed by atoms with Gasteiger partial charge < -0.3 is 10.2 Å². The second kappa shape index (κ2) is 8.37. The van der Waals surface area contributed by atoms with E-state index in [1.165, 1.54) is 16.6 Å². The van der Waals surface area contributed by atoms with Crippen molar-refractivity contribution in [2.75, 3.05) is 42.7 Å². The van der Waals surface area contributed by atoms with Crippen molar-refractivity contribution in [3.05, 3.63) is 66.2 Å². The first-order chi connectivity index (χ1) is 12.9. The standard InChI is InChI=1S/C20H23N3O3S/c1-27(25,26)23-15-13-22(14-16-23)19-10-6-5-9-18(19)21-20(24)12-11-17-7-3-2-4-8-17/h2-12H,13-16H2,1H3,(H,21,24)/b12-11+. The van der Waals surface area contributed by atoms with Crippen LogP contribution in [0.25, 0.3) is 6.08 Å². The van der Waals surface area contributed by atoms with Crippen LogP contribution in [0.3, 0.4) is 0 Å². The van der Waals surface area contributed by atoms with Gasteiger partial charge in [0.05, 0.1) is 17.6 Å². The van der Waals surface area contributed by atoms with E-state index < -0.39 is 10.0 Å². The lowest BCUT2D eigenvalue weighted by Gasteiger charge is -2.35. The fraction of sp³-hybridized carbons (Fsp3) is 0.250. The highest BCUT2D eigenvalue weighted by Crippen LogP contribution is 2.27. The van der Waals surface area contributed by atoms with E-state index >= 15 is 0 Å². The lowest BCUT2D eigenvalue weighted by Crippen LogP contribution is -2.48. The van der Waals surface area contributed by atoms with Gasteiger partial charge in [0, 0.05) is 32.3 Å². The van der Waals surface area contributed by atoms with Gasteiger partial charge in [-0.15, -0.1) is 0 Å². The monoisotopic (exact) mass is 385 g/mol. The summed E-state index contributed by atoms with van der Waals surface area (Å²) >= 11 is 0. The van der Waals surface area contributed by atoms with Crippen LogP contribution in [0.5, 0.6) is 0 Å². The summed E-state index contributed by atoms with van der Waals surface area (Å²) in [6.07, 6.45) is 4.51. The molecule has 6 nitrogen and oxygen atoms in total. The summed E-state index contributed by atoms with van der Waals surface area (Å²) in [6, 6.07) is 17.2. The Bertz CT molecular complexity index is 918. The predicted molar refractivity (Wildman–Crippen MR) is 109 cm³/mol. The lowest BCUT2D eigenvalue weighted by atomic mass is 10.2. The van der Waals surface area contributed by atoms with Crippen LogP contribution in [0, 0.1) is 0 Å². The average Bonchev–Trinajstić information content (AvgIpc) is 2.67. The molecule has 0 atom stereocenters. The molecule has 0 spiro atoms. The van der Waals surface area contributed by atoms with Crippen LogP contribution < -0.4 is 10.2 Å². The maximum atomic E-state index is 12.3. The summed E-state index contributed by atoms with van der Waals surface area (Å²) in [5.74, 6) is -0.207. The van der Waals surface area contributed by atoms with Crippen molar-refractivity contribution in [1.29, 1.82) is 0 Å². The van der Waals surface area contributed by atoms with E-state index in [-0.39, 0.29) is 5.91 Å². The molecule has 2 aromatic carbocycles. The molecular weight excluding hydrogens is 362 g/mol. The third-order valence-corrected chi connectivity index (χ3v) is 5.74. The molecule has 142 valence electrons. The number of rotatable bonds is 5. The van der Waals surface area contributed by atoms with Gasteiger partial charge in [-0.3, -0.25) is 4.79 Å². The highest BCUT2D eigenvalue weighted by molar-refractivity contribution is 7.88. The van der Waals surface area contributed by atoms with Crippen molar-refractivity contribution in [3.63, 3.8) is 0 Å². The molecule has 2 aromatic rings. The fourth-order valence-corrected chi connectivity index (χ4v) is 3.85. The van der Waals surface area contributed by atoms with E-state index in [4.69, 9.17) is 0 Å². The molecule has 1 heterocycles. The number of carbonyl (C=O) groups excluding carboxylic acids is 1. The minimum absolute atomic E-state index is 0.207. The third-order valence-electron chi connectivity index (χ3n) is 4.44. The molecule has 7 heteroatoms. The zero-order valence-electron chi connectivity index (χ0n) is 15.2. The largest absolute Gasteiger partial charge is 0.367 e. The summed E-state index contributed by atoms with van der Waals surface area (Å²) in [5.41, 5.74) is 2.57. The number of nitrogens with one attached hydrogen (secondary N) is 1. The van der Waals surface area contributed by atoms with Crippen LogP contribution >= 0.6 is 0 Å². The molecule has 0 bridgehead atoms. The topological polar surface area (TPSA) is 69.7 Å². The average molecular weight is 385 g/mol. The van der Waals surface area contributed by atoms with Crippen LogP contribution in [0.2, 0.25) is 0 Å². The van der Waals surface area contributed by atoms with Crippen molar-refractivity contribution in [1.82, 2.24) is 4.31 Å². The van der Waals surface area contributed by atoms with Gasteiger partial charge in [-0.25, -0.2) is 8.42 Å². The molecule has 1 fully saturated rings. The molecule has 1 aliphatic heterocycles. The van der Waals surface area contributed by atoms with Gasteiger partial charge in [0.25, 0.3) is 0 Å². The molecule has 1 N–H and O–H groups in total. The maximum Gasteiger partial charge on any atom is 0.248 e. The van der Waals surface area contributed by atoms with Gasteiger partial charge >= 0.3 is 0 Å². The first kappa shape index (κ1) is 19.1. The van der Waals surface area contributed by atoms with Gasteiger partial charge in [0.1, 0.15) is 0 Å². The van der Waals surface area contributed by atoms with Crippen LogP contribution in [0.1, 0.15) is 5.56 Å². The molecule has 1 aliphatic rings. The Labute approximate surface area is 160 Å². The van der Waals surface area contributed by atoms with Crippen LogP contribution in [0.4, 0.5) is 11.4 Å². The zero-order valence-corrected chi connectivity index (χ0v) is 16.0. The summed E-state index contributed by atoms with van der Waals surface area (Å²) in [4.78, 5) is 14.4. The maximum absolute atomic E-state index is 12.3. The molecule has 0 saturated carbocycles. The smallest absolute Gasteiger partial charge is 0.248 e. The van der Waals surface area contributed by atoms with Crippen LogP contribution in [-0.4, -0.2) is 51.1 Å². The van der Waals surface area contributed by atoms with Crippen molar-refractivity contribution in [2.24, 2.45) is 0 Å². The first-order valence-corrected chi connectivity index (χ1v) is 10.6. The molecule has 0 unspecified atom stereocenters. The number of para-hydroxylation sites is 2. The Morgan fingerprint density at radius 2 is 1.59 bits per heavy atom. The van der Waals surface area contributed by atoms with Crippen molar-refractivity contribution >= 4 is 33.4 Å². The Hall–Kier alpha value is -2.64. The van der Waals surface area contributed by atoms with Gasteiger partial charge in [-0.2, -0.15) is 4.31 Å². The Morgan fingerprint density at radius 3 is 2.26 bits per heavy atom. The number of hydrogen-bond acceptors (Lipinski definition) is 4. The van der Waals surface area contributed by atoms with Gasteiger partial charge in [-0.1, -0.05) is 42.5 Å². The highest BCUT2D eigenvalue weighted by atomic mass is 32.2. The quantitative estimate of drug-likeness (QED) is 0.803. The van der Waals surface area contributed by atoms with Crippen molar-refractivity contribution in [2.45, 2.75) is 0 Å². The van der Waals surface area contributed by atoms with E-state index in [1.54, 1.807) is 6.08 Å². The second-order valence-electron chi connectivity index (χ2n) is 6.40. The number of sulfonamides is 1. The molecule has 0 aromatic heterocycles. The molecule has 1 saturated heterocycles. The number of carbonyl (C=O) groups is 1. The molecule has 1 amide bonds. The fourth-order valence-electron chi connectivity index (χ4n) is 3.03. The molecule has 3 rings (SSSR count). The molecule has 0 aliphatic carbocycles. The lowest BCUT2D eigenvalue weighted by molar-refractivity contribution is -0.111. The number of anilines is 2. The van der Waals surface area contributed by atoms with E-state index in [0.717, 1.165) is 11.3 Å². The van der Waals surface area contributed by atoms with Gasteiger partial charge in [-0.05, 0) is 23.8 Å². The minimum atomic E-state index is -3.17. The Balaban J connectivity index is 1.68. The molecular formula is C20H23N3O3S. The summed E-state index contributed by atoms with van der Waals surface area (Å²) in [5, 5.41) is 2.92. The number of nitrogens with zero attached hydrogens (tertiary/aromatic N) is 2. The number of amides is 1. The summed E-state index contributed by atoms with van der Waals surface area (Å²) in [7, 11) is -3.17. The zero-order chi connectivity index (χ0) is 19.3. The van der Waals surface area contributed by atoms with E-state index in [0.29, 0.717) is 31.9 Å². The number of hydrogen-bond donors (Lipinski definition) is 1. The first-order valence-electron chi connectivity index (χ1n) is 8.77.